The lowest BCUT2D eigenvalue weighted by molar-refractivity contribution is -0.175. The van der Waals surface area contributed by atoms with Crippen molar-refractivity contribution in [3.8, 4) is 23.0 Å². The van der Waals surface area contributed by atoms with E-state index >= 15 is 0 Å². The molecule has 3 aromatic carbocycles. The number of rotatable bonds is 6. The Morgan fingerprint density at radius 2 is 1.71 bits per heavy atom. The first-order chi connectivity index (χ1) is 19.9. The third kappa shape index (κ3) is 2.94. The minimum absolute atomic E-state index is 0.455. The number of benzene rings is 3. The number of hydrogen-bond acceptors (Lipinski definition) is 9. The molecule has 0 radical (unpaired) electrons. The molecule has 0 aromatic heterocycles. The van der Waals surface area contributed by atoms with Crippen LogP contribution in [0.15, 0.2) is 71.7 Å². The van der Waals surface area contributed by atoms with Crippen LogP contribution in [0.25, 0.3) is 0 Å². The Morgan fingerprint density at radius 1 is 0.976 bits per heavy atom. The van der Waals surface area contributed by atoms with Crippen LogP contribution in [0, 0.1) is 5.92 Å². The Hall–Kier alpha value is -4.24. The summed E-state index contributed by atoms with van der Waals surface area (Å²) in [6.45, 7) is 0.540. The highest BCUT2D eigenvalue weighted by molar-refractivity contribution is 5.92. The largest absolute Gasteiger partial charge is 0.497 e. The van der Waals surface area contributed by atoms with Crippen LogP contribution in [0.4, 0.5) is 0 Å². The SMILES string of the molecule is COC(=O)[C@@H]1[C@@H](c2ccccc2)[C@]2(c3ccc(OC)cc3)Oc3cc(OC)cc(OC)c3[C@@]23N=C2CCCN2[C@@]13O. The molecule has 4 aliphatic rings. The van der Waals surface area contributed by atoms with Crippen LogP contribution in [0.5, 0.6) is 23.0 Å². The summed E-state index contributed by atoms with van der Waals surface area (Å²) in [5.41, 5.74) is -2.58. The number of aliphatic imine (C=N–C) groups is 1. The van der Waals surface area contributed by atoms with E-state index in [1.807, 2.05) is 59.5 Å². The highest BCUT2D eigenvalue weighted by atomic mass is 16.5. The van der Waals surface area contributed by atoms with Crippen molar-refractivity contribution in [2.45, 2.75) is 35.6 Å². The van der Waals surface area contributed by atoms with Gasteiger partial charge in [0.15, 0.2) is 16.9 Å². The number of amidine groups is 1. The topological polar surface area (TPSA) is 99.1 Å². The predicted molar refractivity (Wildman–Crippen MR) is 150 cm³/mol. The van der Waals surface area contributed by atoms with Gasteiger partial charge in [-0.3, -0.25) is 9.79 Å². The minimum atomic E-state index is -1.83. The van der Waals surface area contributed by atoms with Crippen LogP contribution < -0.4 is 18.9 Å². The quantitative estimate of drug-likeness (QED) is 0.456. The molecule has 3 heterocycles. The van der Waals surface area contributed by atoms with Crippen LogP contribution in [0.2, 0.25) is 0 Å². The van der Waals surface area contributed by atoms with E-state index in [2.05, 4.69) is 0 Å². The van der Waals surface area contributed by atoms with Crippen LogP contribution in [-0.4, -0.2) is 62.5 Å². The first-order valence-electron chi connectivity index (χ1n) is 13.7. The number of carbonyl (C=O) groups excluding carboxylic acids is 1. The summed E-state index contributed by atoms with van der Waals surface area (Å²) in [7, 11) is 6.12. The van der Waals surface area contributed by atoms with Gasteiger partial charge in [-0.1, -0.05) is 42.5 Å². The lowest BCUT2D eigenvalue weighted by atomic mass is 9.68. The van der Waals surface area contributed by atoms with Crippen LogP contribution in [0.1, 0.15) is 35.4 Å². The number of aliphatic hydroxyl groups is 1. The zero-order valence-corrected chi connectivity index (χ0v) is 23.4. The molecule has 3 aromatic rings. The van der Waals surface area contributed by atoms with Gasteiger partial charge < -0.3 is 33.7 Å². The van der Waals surface area contributed by atoms with Gasteiger partial charge in [-0.2, -0.15) is 0 Å². The molecule has 0 bridgehead atoms. The van der Waals surface area contributed by atoms with Gasteiger partial charge >= 0.3 is 5.97 Å². The van der Waals surface area contributed by atoms with Gasteiger partial charge in [0.05, 0.1) is 34.0 Å². The Bertz CT molecular complexity index is 1560. The van der Waals surface area contributed by atoms with Crippen LogP contribution in [-0.2, 0) is 20.7 Å². The molecule has 1 aliphatic carbocycles. The van der Waals surface area contributed by atoms with Crippen molar-refractivity contribution in [2.75, 3.05) is 35.0 Å². The third-order valence-corrected chi connectivity index (χ3v) is 9.34. The summed E-state index contributed by atoms with van der Waals surface area (Å²) in [5, 5.41) is 13.4. The molecule has 1 N–H and O–H groups in total. The molecule has 7 rings (SSSR count). The fourth-order valence-corrected chi connectivity index (χ4v) is 7.87. The van der Waals surface area contributed by atoms with E-state index in [4.69, 9.17) is 28.7 Å². The molecule has 3 aliphatic heterocycles. The highest BCUT2D eigenvalue weighted by Crippen LogP contribution is 2.77. The van der Waals surface area contributed by atoms with E-state index in [0.29, 0.717) is 41.5 Å². The van der Waals surface area contributed by atoms with Crippen LogP contribution in [0.3, 0.4) is 0 Å². The first kappa shape index (κ1) is 25.7. The van der Waals surface area contributed by atoms with Gasteiger partial charge in [-0.15, -0.1) is 0 Å². The van der Waals surface area contributed by atoms with Gasteiger partial charge in [-0.25, -0.2) is 0 Å². The van der Waals surface area contributed by atoms with Gasteiger partial charge in [-0.05, 0) is 29.7 Å². The Kier molecular flexibility index (Phi) is 5.57. The fraction of sp³-hybridized carbons (Fsp3) is 0.375. The molecule has 41 heavy (non-hydrogen) atoms. The molecule has 0 unspecified atom stereocenters. The van der Waals surface area contributed by atoms with Gasteiger partial charge in [0, 0.05) is 31.0 Å². The second-order valence-corrected chi connectivity index (χ2v) is 10.9. The van der Waals surface area contributed by atoms with Crippen LogP contribution >= 0.6 is 0 Å². The van der Waals surface area contributed by atoms with Gasteiger partial charge in [0.1, 0.15) is 34.8 Å². The molecular weight excluding hydrogens is 524 g/mol. The summed E-state index contributed by atoms with van der Waals surface area (Å²) in [5.74, 6) is 0.573. The number of esters is 1. The minimum Gasteiger partial charge on any atom is -0.497 e. The van der Waals surface area contributed by atoms with Crippen molar-refractivity contribution < 1.29 is 33.6 Å². The first-order valence-corrected chi connectivity index (χ1v) is 13.7. The Morgan fingerprint density at radius 3 is 2.37 bits per heavy atom. The molecule has 9 nitrogen and oxygen atoms in total. The Labute approximate surface area is 238 Å². The van der Waals surface area contributed by atoms with E-state index < -0.39 is 34.7 Å². The highest BCUT2D eigenvalue weighted by Gasteiger charge is 2.88. The average molecular weight is 557 g/mol. The van der Waals surface area contributed by atoms with Gasteiger partial charge in [0.2, 0.25) is 0 Å². The summed E-state index contributed by atoms with van der Waals surface area (Å²) in [4.78, 5) is 21.3. The molecule has 1 saturated heterocycles. The number of nitrogens with zero attached hydrogens (tertiary/aromatic N) is 2. The molecule has 1 saturated carbocycles. The molecule has 1 spiro atoms. The Balaban J connectivity index is 1.66. The van der Waals surface area contributed by atoms with Crippen molar-refractivity contribution in [3.63, 3.8) is 0 Å². The molecule has 2 fully saturated rings. The van der Waals surface area contributed by atoms with Crippen molar-refractivity contribution >= 4 is 11.8 Å². The number of carbonyl (C=O) groups is 1. The summed E-state index contributed by atoms with van der Waals surface area (Å²) < 4.78 is 29.7. The number of ether oxygens (including phenoxy) is 5. The normalized spacial score (nSPS) is 30.5. The van der Waals surface area contributed by atoms with Crippen molar-refractivity contribution in [3.05, 3.63) is 83.4 Å². The van der Waals surface area contributed by atoms with Crippen molar-refractivity contribution in [2.24, 2.45) is 10.9 Å². The van der Waals surface area contributed by atoms with E-state index in [-0.39, 0.29) is 0 Å². The van der Waals surface area contributed by atoms with Crippen molar-refractivity contribution in [1.82, 2.24) is 4.90 Å². The third-order valence-electron chi connectivity index (χ3n) is 9.34. The zero-order valence-electron chi connectivity index (χ0n) is 23.4. The summed E-state index contributed by atoms with van der Waals surface area (Å²) >= 11 is 0. The number of methoxy groups -OCH3 is 4. The molecular formula is C32H32N2O7. The maximum atomic E-state index is 14.0. The maximum Gasteiger partial charge on any atom is 0.314 e. The summed E-state index contributed by atoms with van der Waals surface area (Å²) in [6.07, 6.45) is 1.48. The molecule has 0 amide bonds. The monoisotopic (exact) mass is 556 g/mol. The van der Waals surface area contributed by atoms with E-state index in [1.54, 1.807) is 33.5 Å². The zero-order chi connectivity index (χ0) is 28.6. The van der Waals surface area contributed by atoms with Gasteiger partial charge in [0.25, 0.3) is 0 Å². The fourth-order valence-electron chi connectivity index (χ4n) is 7.87. The maximum absolute atomic E-state index is 14.0. The second-order valence-electron chi connectivity index (χ2n) is 10.9. The number of hydrogen-bond donors (Lipinski definition) is 1. The number of fused-ring (bicyclic) bond motifs is 3. The smallest absolute Gasteiger partial charge is 0.314 e. The molecule has 212 valence electrons. The second kappa shape index (κ2) is 8.88. The lowest BCUT2D eigenvalue weighted by Gasteiger charge is -2.44. The lowest BCUT2D eigenvalue weighted by Crippen LogP contribution is -2.62. The summed E-state index contributed by atoms with van der Waals surface area (Å²) in [6, 6.07) is 20.8. The molecule has 9 heteroatoms. The van der Waals surface area contributed by atoms with E-state index in [9.17, 15) is 9.90 Å². The average Bonchev–Trinajstić information content (AvgIpc) is 3.71. The van der Waals surface area contributed by atoms with E-state index in [0.717, 1.165) is 23.4 Å². The van der Waals surface area contributed by atoms with E-state index in [1.165, 1.54) is 7.11 Å². The molecule has 5 atom stereocenters. The predicted octanol–water partition coefficient (Wildman–Crippen LogP) is 3.98. The standard InChI is InChI=1S/C32H32N2O7/c1-37-21-14-12-20(13-15-21)30-26(19-9-6-5-7-10-19)28(29(35)40-4)32(36)31(30,33-25-11-8-16-34(25)32)27-23(39-3)17-22(38-2)18-24(27)41-30/h5-7,9-10,12-15,17-18,26,28,36H,8,11,16H2,1-4H3/t26-,28+,30+,31-,32-/m1/s1. The van der Waals surface area contributed by atoms with Crippen molar-refractivity contribution in [1.29, 1.82) is 0 Å².